The molecule has 0 bridgehead atoms. The van der Waals surface area contributed by atoms with Gasteiger partial charge in [0.1, 0.15) is 0 Å². The SMILES string of the molecule is CC(C)N([SiH](C)C)[SiH](C)C. The summed E-state index contributed by atoms with van der Waals surface area (Å²) < 4.78 is 2.78. The molecule has 0 aromatic carbocycles. The molecule has 0 aromatic rings. The summed E-state index contributed by atoms with van der Waals surface area (Å²) in [4.78, 5) is 0. The van der Waals surface area contributed by atoms with Crippen molar-refractivity contribution in [2.75, 3.05) is 0 Å². The highest BCUT2D eigenvalue weighted by molar-refractivity contribution is 6.69. The Bertz CT molecular complexity index is 72.6. The van der Waals surface area contributed by atoms with E-state index >= 15 is 0 Å². The van der Waals surface area contributed by atoms with E-state index < -0.39 is 17.9 Å². The number of nitrogens with zero attached hydrogens (tertiary/aromatic N) is 1. The normalized spacial score (nSPS) is 12.6. The van der Waals surface area contributed by atoms with E-state index in [-0.39, 0.29) is 0 Å². The first-order valence-corrected chi connectivity index (χ1v) is 9.89. The first kappa shape index (κ1) is 10.4. The molecule has 1 nitrogen and oxygen atoms in total. The molecule has 0 aliphatic heterocycles. The van der Waals surface area contributed by atoms with Gasteiger partial charge in [-0.2, -0.15) is 0 Å². The average Bonchev–Trinajstić information content (AvgIpc) is 1.59. The quantitative estimate of drug-likeness (QED) is 0.590. The summed E-state index contributed by atoms with van der Waals surface area (Å²) in [6, 6.07) is 0.790. The second-order valence-electron chi connectivity index (χ2n) is 3.73. The number of rotatable bonds is 3. The first-order chi connectivity index (χ1) is 4.46. The fourth-order valence-electron chi connectivity index (χ4n) is 1.79. The smallest absolute Gasteiger partial charge is 0.0982 e. The highest BCUT2D eigenvalue weighted by atomic mass is 28.3. The summed E-state index contributed by atoms with van der Waals surface area (Å²) in [5.41, 5.74) is 0. The van der Waals surface area contributed by atoms with E-state index in [1.54, 1.807) is 0 Å². The van der Waals surface area contributed by atoms with Gasteiger partial charge in [-0.1, -0.05) is 40.0 Å². The first-order valence-electron chi connectivity index (χ1n) is 4.24. The van der Waals surface area contributed by atoms with E-state index in [1.807, 2.05) is 0 Å². The van der Waals surface area contributed by atoms with Crippen LogP contribution in [-0.4, -0.2) is 28.2 Å². The van der Waals surface area contributed by atoms with Crippen molar-refractivity contribution in [2.45, 2.75) is 46.1 Å². The van der Waals surface area contributed by atoms with Crippen LogP contribution in [0.5, 0.6) is 0 Å². The molecular weight excluding hydrogens is 154 g/mol. The highest BCUT2D eigenvalue weighted by Gasteiger charge is 2.17. The molecule has 0 atom stereocenters. The van der Waals surface area contributed by atoms with Crippen molar-refractivity contribution < 1.29 is 0 Å². The van der Waals surface area contributed by atoms with Crippen LogP contribution < -0.4 is 0 Å². The number of hydrogen-bond acceptors (Lipinski definition) is 1. The molecule has 0 fully saturated rings. The second-order valence-corrected chi connectivity index (χ2v) is 9.89. The van der Waals surface area contributed by atoms with Gasteiger partial charge in [0.2, 0.25) is 0 Å². The lowest BCUT2D eigenvalue weighted by atomic mass is 10.4. The maximum atomic E-state index is 2.78. The Labute approximate surface area is 68.8 Å². The lowest BCUT2D eigenvalue weighted by Gasteiger charge is -2.33. The zero-order valence-electron chi connectivity index (χ0n) is 8.18. The predicted octanol–water partition coefficient (Wildman–Crippen LogP) is 1.66. The van der Waals surface area contributed by atoms with E-state index in [4.69, 9.17) is 0 Å². The molecule has 0 aromatic heterocycles. The predicted molar refractivity (Wildman–Crippen MR) is 54.7 cm³/mol. The molecular formula is C7H21NSi2. The van der Waals surface area contributed by atoms with Gasteiger partial charge in [-0.15, -0.1) is 0 Å². The molecule has 10 heavy (non-hydrogen) atoms. The molecule has 0 aliphatic rings. The summed E-state index contributed by atoms with van der Waals surface area (Å²) in [6.07, 6.45) is 0. The minimum Gasteiger partial charge on any atom is -0.348 e. The fraction of sp³-hybridized carbons (Fsp3) is 1.00. The summed E-state index contributed by atoms with van der Waals surface area (Å²) in [7, 11) is -1.01. The van der Waals surface area contributed by atoms with Gasteiger partial charge in [0.05, 0.1) is 17.9 Å². The van der Waals surface area contributed by atoms with Gasteiger partial charge in [0.15, 0.2) is 0 Å². The molecule has 0 rings (SSSR count). The third-order valence-corrected chi connectivity index (χ3v) is 8.94. The lowest BCUT2D eigenvalue weighted by Crippen LogP contribution is -2.47. The van der Waals surface area contributed by atoms with Crippen LogP contribution in [-0.2, 0) is 0 Å². The minimum absolute atomic E-state index is 0.506. The Morgan fingerprint density at radius 3 is 1.20 bits per heavy atom. The zero-order valence-corrected chi connectivity index (χ0v) is 10.5. The Balaban J connectivity index is 3.98. The van der Waals surface area contributed by atoms with Gasteiger partial charge in [0.25, 0.3) is 0 Å². The zero-order chi connectivity index (χ0) is 8.31. The van der Waals surface area contributed by atoms with Gasteiger partial charge < -0.3 is 4.23 Å². The van der Waals surface area contributed by atoms with Crippen molar-refractivity contribution in [1.82, 2.24) is 4.23 Å². The Hall–Kier alpha value is 0.394. The highest BCUT2D eigenvalue weighted by Crippen LogP contribution is 2.04. The largest absolute Gasteiger partial charge is 0.348 e. The molecule has 0 saturated heterocycles. The van der Waals surface area contributed by atoms with E-state index in [9.17, 15) is 0 Å². The van der Waals surface area contributed by atoms with Crippen LogP contribution in [0.4, 0.5) is 0 Å². The molecule has 0 amide bonds. The van der Waals surface area contributed by atoms with Crippen LogP contribution in [0.2, 0.25) is 26.2 Å². The van der Waals surface area contributed by atoms with Gasteiger partial charge in [0, 0.05) is 0 Å². The third-order valence-electron chi connectivity index (χ3n) is 1.79. The molecule has 0 aliphatic carbocycles. The summed E-state index contributed by atoms with van der Waals surface area (Å²) in [5.74, 6) is 0. The second kappa shape index (κ2) is 4.31. The van der Waals surface area contributed by atoms with Gasteiger partial charge in [-0.25, -0.2) is 0 Å². The molecule has 0 N–H and O–H groups in total. The number of hydrogen-bond donors (Lipinski definition) is 0. The van der Waals surface area contributed by atoms with Crippen LogP contribution in [0, 0.1) is 0 Å². The standard InChI is InChI=1S/C7H21NSi2/c1-7(2)8(9(3)4)10(5)6/h7,9-10H,1-6H3. The van der Waals surface area contributed by atoms with Gasteiger partial charge >= 0.3 is 0 Å². The molecule has 0 radical (unpaired) electrons. The monoisotopic (exact) mass is 175 g/mol. The molecule has 0 heterocycles. The topological polar surface area (TPSA) is 3.24 Å². The van der Waals surface area contributed by atoms with Gasteiger partial charge in [-0.05, 0) is 6.04 Å². The summed E-state index contributed by atoms with van der Waals surface area (Å²) in [5, 5.41) is 0. The van der Waals surface area contributed by atoms with E-state index in [2.05, 4.69) is 44.3 Å². The van der Waals surface area contributed by atoms with E-state index in [1.165, 1.54) is 0 Å². The maximum Gasteiger partial charge on any atom is 0.0982 e. The Morgan fingerprint density at radius 2 is 1.20 bits per heavy atom. The Kier molecular flexibility index (Phi) is 4.48. The average molecular weight is 175 g/mol. The summed E-state index contributed by atoms with van der Waals surface area (Å²) >= 11 is 0. The van der Waals surface area contributed by atoms with Crippen LogP contribution >= 0.6 is 0 Å². The van der Waals surface area contributed by atoms with Crippen LogP contribution in [0.1, 0.15) is 13.8 Å². The molecule has 0 spiro atoms. The van der Waals surface area contributed by atoms with Crippen molar-refractivity contribution in [1.29, 1.82) is 0 Å². The van der Waals surface area contributed by atoms with E-state index in [0.29, 0.717) is 0 Å². The van der Waals surface area contributed by atoms with Crippen molar-refractivity contribution in [2.24, 2.45) is 0 Å². The Morgan fingerprint density at radius 1 is 0.900 bits per heavy atom. The minimum atomic E-state index is -0.506. The van der Waals surface area contributed by atoms with Gasteiger partial charge in [-0.3, -0.25) is 0 Å². The molecule has 62 valence electrons. The van der Waals surface area contributed by atoms with Crippen LogP contribution in [0.15, 0.2) is 0 Å². The van der Waals surface area contributed by atoms with Crippen molar-refractivity contribution in [3.8, 4) is 0 Å². The van der Waals surface area contributed by atoms with Crippen LogP contribution in [0.3, 0.4) is 0 Å². The maximum absolute atomic E-state index is 2.78. The summed E-state index contributed by atoms with van der Waals surface area (Å²) in [6.45, 7) is 14.3. The van der Waals surface area contributed by atoms with E-state index in [0.717, 1.165) is 6.04 Å². The lowest BCUT2D eigenvalue weighted by molar-refractivity contribution is 0.532. The fourth-order valence-corrected chi connectivity index (χ4v) is 8.94. The molecule has 3 heteroatoms. The van der Waals surface area contributed by atoms with Crippen molar-refractivity contribution in [3.63, 3.8) is 0 Å². The molecule has 0 saturated carbocycles. The van der Waals surface area contributed by atoms with Crippen molar-refractivity contribution in [3.05, 3.63) is 0 Å². The third kappa shape index (κ3) is 2.99. The molecule has 0 unspecified atom stereocenters. The van der Waals surface area contributed by atoms with Crippen molar-refractivity contribution >= 4 is 17.9 Å². The van der Waals surface area contributed by atoms with Crippen LogP contribution in [0.25, 0.3) is 0 Å².